The lowest BCUT2D eigenvalue weighted by Gasteiger charge is -2.45. The Balaban J connectivity index is 0.00000280. The zero-order valence-corrected chi connectivity index (χ0v) is 18.0. The number of benzene rings is 1. The Hall–Kier alpha value is -1.50. The van der Waals surface area contributed by atoms with E-state index in [4.69, 9.17) is 19.9 Å². The Kier molecular flexibility index (Phi) is 7.98. The largest absolute Gasteiger partial charge is 0.493 e. The van der Waals surface area contributed by atoms with Crippen LogP contribution in [-0.2, 0) is 21.6 Å². The molecule has 0 saturated carbocycles. The average molecular weight is 413 g/mol. The van der Waals surface area contributed by atoms with Gasteiger partial charge in [-0.15, -0.1) is 12.4 Å². The molecule has 7 heteroatoms. The number of piperidine rings is 1. The van der Waals surface area contributed by atoms with E-state index in [-0.39, 0.29) is 30.0 Å². The second-order valence-electron chi connectivity index (χ2n) is 7.53. The molecular formula is C21H33ClN2O4. The molecule has 158 valence electrons. The van der Waals surface area contributed by atoms with Gasteiger partial charge in [0.15, 0.2) is 11.5 Å². The molecule has 0 bridgehead atoms. The van der Waals surface area contributed by atoms with Gasteiger partial charge in [0, 0.05) is 13.1 Å². The van der Waals surface area contributed by atoms with Crippen molar-refractivity contribution in [2.45, 2.75) is 57.1 Å². The summed E-state index contributed by atoms with van der Waals surface area (Å²) >= 11 is 0. The average Bonchev–Trinajstić information content (AvgIpc) is 2.71. The molecule has 2 aliphatic heterocycles. The molecule has 1 saturated heterocycles. The van der Waals surface area contributed by atoms with Gasteiger partial charge in [-0.1, -0.05) is 19.8 Å². The fourth-order valence-electron chi connectivity index (χ4n) is 4.27. The molecule has 0 radical (unpaired) electrons. The van der Waals surface area contributed by atoms with E-state index in [9.17, 15) is 4.79 Å². The minimum Gasteiger partial charge on any atom is -0.493 e. The van der Waals surface area contributed by atoms with Gasteiger partial charge in [-0.05, 0) is 48.9 Å². The maximum atomic E-state index is 12.6. The van der Waals surface area contributed by atoms with Crippen molar-refractivity contribution in [2.75, 3.05) is 33.9 Å². The molecule has 0 aliphatic carbocycles. The van der Waals surface area contributed by atoms with E-state index < -0.39 is 0 Å². The number of nitrogens with two attached hydrogens (primary N) is 1. The van der Waals surface area contributed by atoms with Gasteiger partial charge in [0.25, 0.3) is 0 Å². The highest BCUT2D eigenvalue weighted by atomic mass is 35.5. The number of unbranched alkanes of at least 4 members (excludes halogenated alkanes) is 1. The molecule has 1 amide bonds. The normalized spacial score (nSPS) is 18.8. The highest BCUT2D eigenvalue weighted by molar-refractivity contribution is 5.85. The highest BCUT2D eigenvalue weighted by Gasteiger charge is 2.42. The van der Waals surface area contributed by atoms with Crippen LogP contribution in [0.3, 0.4) is 0 Å². The number of hydrogen-bond acceptors (Lipinski definition) is 5. The maximum Gasteiger partial charge on any atom is 0.239 e. The minimum atomic E-state index is -0.386. The van der Waals surface area contributed by atoms with Gasteiger partial charge in [0.1, 0.15) is 0 Å². The van der Waals surface area contributed by atoms with Crippen LogP contribution in [0.1, 0.15) is 50.2 Å². The topological polar surface area (TPSA) is 74.0 Å². The van der Waals surface area contributed by atoms with Gasteiger partial charge in [-0.2, -0.15) is 0 Å². The first-order valence-electron chi connectivity index (χ1n) is 9.98. The Morgan fingerprint density at radius 3 is 2.50 bits per heavy atom. The van der Waals surface area contributed by atoms with Crippen LogP contribution in [0.15, 0.2) is 12.1 Å². The van der Waals surface area contributed by atoms with Gasteiger partial charge >= 0.3 is 0 Å². The second kappa shape index (κ2) is 9.81. The molecule has 1 spiro atoms. The van der Waals surface area contributed by atoms with Gasteiger partial charge in [0.2, 0.25) is 5.91 Å². The standard InChI is InChI=1S/C21H32N2O4.ClH/c1-4-5-6-17(22)20(24)23-10-8-21(9-11-23)16-14-19(26-3)18(25-2)13-15(16)7-12-27-21;/h13-14,17H,4-12,22H2,1-3H3;1H/t17-;/m0./s1. The van der Waals surface area contributed by atoms with Crippen molar-refractivity contribution in [3.8, 4) is 11.5 Å². The summed E-state index contributed by atoms with van der Waals surface area (Å²) in [4.78, 5) is 14.5. The summed E-state index contributed by atoms with van der Waals surface area (Å²) in [5, 5.41) is 0. The number of hydrogen-bond donors (Lipinski definition) is 1. The Morgan fingerprint density at radius 1 is 1.25 bits per heavy atom. The van der Waals surface area contributed by atoms with Crippen LogP contribution in [0.2, 0.25) is 0 Å². The summed E-state index contributed by atoms with van der Waals surface area (Å²) in [6, 6.07) is 3.73. The fraction of sp³-hybridized carbons (Fsp3) is 0.667. The van der Waals surface area contributed by atoms with E-state index in [2.05, 4.69) is 19.1 Å². The molecule has 1 aromatic rings. The summed E-state index contributed by atoms with van der Waals surface area (Å²) in [5.74, 6) is 1.55. The number of carbonyl (C=O) groups excluding carboxylic acids is 1. The van der Waals surface area contributed by atoms with Gasteiger partial charge in [-0.3, -0.25) is 4.79 Å². The molecule has 2 heterocycles. The van der Waals surface area contributed by atoms with Gasteiger partial charge in [-0.25, -0.2) is 0 Å². The van der Waals surface area contributed by atoms with Crippen molar-refractivity contribution in [3.63, 3.8) is 0 Å². The number of amides is 1. The van der Waals surface area contributed by atoms with Crippen LogP contribution in [0.25, 0.3) is 0 Å². The van der Waals surface area contributed by atoms with Crippen LogP contribution in [0, 0.1) is 0 Å². The lowest BCUT2D eigenvalue weighted by atomic mass is 9.79. The molecule has 28 heavy (non-hydrogen) atoms. The lowest BCUT2D eigenvalue weighted by Crippen LogP contribution is -2.52. The van der Waals surface area contributed by atoms with Crippen molar-refractivity contribution in [1.29, 1.82) is 0 Å². The summed E-state index contributed by atoms with van der Waals surface area (Å²) in [7, 11) is 3.31. The number of ether oxygens (including phenoxy) is 3. The molecule has 0 aromatic heterocycles. The maximum absolute atomic E-state index is 12.6. The summed E-state index contributed by atoms with van der Waals surface area (Å²) in [5.41, 5.74) is 8.17. The molecule has 1 atom stereocenters. The number of rotatable bonds is 6. The summed E-state index contributed by atoms with van der Waals surface area (Å²) in [6.07, 6.45) is 5.22. The Bertz CT molecular complexity index is 675. The third-order valence-electron chi connectivity index (χ3n) is 5.92. The molecule has 2 N–H and O–H groups in total. The van der Waals surface area contributed by atoms with Crippen LogP contribution >= 0.6 is 12.4 Å². The van der Waals surface area contributed by atoms with Crippen molar-refractivity contribution < 1.29 is 19.0 Å². The van der Waals surface area contributed by atoms with Crippen molar-refractivity contribution in [1.82, 2.24) is 4.90 Å². The lowest BCUT2D eigenvalue weighted by molar-refractivity contribution is -0.142. The van der Waals surface area contributed by atoms with E-state index in [0.29, 0.717) is 19.7 Å². The van der Waals surface area contributed by atoms with Crippen LogP contribution in [0.4, 0.5) is 0 Å². The SMILES string of the molecule is CCCC[C@H](N)C(=O)N1CCC2(CC1)OCCc1cc(OC)c(OC)cc12.Cl. The number of carbonyl (C=O) groups is 1. The minimum absolute atomic E-state index is 0. The Morgan fingerprint density at radius 2 is 1.89 bits per heavy atom. The van der Waals surface area contributed by atoms with E-state index in [1.807, 2.05) is 4.90 Å². The third kappa shape index (κ3) is 4.39. The number of fused-ring (bicyclic) bond motifs is 2. The zero-order valence-electron chi connectivity index (χ0n) is 17.2. The van der Waals surface area contributed by atoms with Gasteiger partial charge < -0.3 is 24.8 Å². The molecule has 1 fully saturated rings. The first kappa shape index (κ1) is 22.8. The second-order valence-corrected chi connectivity index (χ2v) is 7.53. The van der Waals surface area contributed by atoms with E-state index in [1.54, 1.807) is 14.2 Å². The first-order chi connectivity index (χ1) is 13.0. The van der Waals surface area contributed by atoms with Crippen molar-refractivity contribution >= 4 is 18.3 Å². The fourth-order valence-corrected chi connectivity index (χ4v) is 4.27. The highest BCUT2D eigenvalue weighted by Crippen LogP contribution is 2.45. The predicted octanol–water partition coefficient (Wildman–Crippen LogP) is 3.03. The van der Waals surface area contributed by atoms with Crippen LogP contribution in [0.5, 0.6) is 11.5 Å². The smallest absolute Gasteiger partial charge is 0.239 e. The van der Waals surface area contributed by atoms with E-state index >= 15 is 0 Å². The molecular weight excluding hydrogens is 380 g/mol. The zero-order chi connectivity index (χ0) is 19.4. The van der Waals surface area contributed by atoms with Crippen molar-refractivity contribution in [3.05, 3.63) is 23.3 Å². The third-order valence-corrected chi connectivity index (χ3v) is 5.92. The number of nitrogens with zero attached hydrogens (tertiary/aromatic N) is 1. The number of likely N-dealkylation sites (tertiary alicyclic amines) is 1. The summed E-state index contributed by atoms with van der Waals surface area (Å²) < 4.78 is 17.2. The van der Waals surface area contributed by atoms with E-state index in [1.165, 1.54) is 11.1 Å². The Labute approximate surface area is 174 Å². The molecule has 6 nitrogen and oxygen atoms in total. The van der Waals surface area contributed by atoms with Crippen LogP contribution < -0.4 is 15.2 Å². The van der Waals surface area contributed by atoms with Crippen LogP contribution in [-0.4, -0.2) is 50.8 Å². The number of halogens is 1. The van der Waals surface area contributed by atoms with Gasteiger partial charge in [0.05, 0.1) is 32.5 Å². The molecule has 1 aromatic carbocycles. The monoisotopic (exact) mass is 412 g/mol. The molecule has 0 unspecified atom stereocenters. The first-order valence-corrected chi connectivity index (χ1v) is 9.98. The van der Waals surface area contributed by atoms with Crippen molar-refractivity contribution in [2.24, 2.45) is 5.73 Å². The van der Waals surface area contributed by atoms with E-state index in [0.717, 1.165) is 50.0 Å². The molecule has 2 aliphatic rings. The quantitative estimate of drug-likeness (QED) is 0.777. The molecule has 3 rings (SSSR count). The number of methoxy groups -OCH3 is 2. The predicted molar refractivity (Wildman–Crippen MR) is 111 cm³/mol. The summed E-state index contributed by atoms with van der Waals surface area (Å²) in [6.45, 7) is 4.15.